The minimum absolute atomic E-state index is 0.112. The molecule has 0 bridgehead atoms. The number of fused-ring (bicyclic) bond motifs is 1. The monoisotopic (exact) mass is 399 g/mol. The van der Waals surface area contributed by atoms with E-state index in [-0.39, 0.29) is 24.8 Å². The van der Waals surface area contributed by atoms with Crippen LogP contribution in [0, 0.1) is 0 Å². The molecule has 1 aromatic heterocycles. The molecule has 0 atom stereocenters. The summed E-state index contributed by atoms with van der Waals surface area (Å²) in [7, 11) is 1.57. The molecule has 0 aliphatic heterocycles. The van der Waals surface area contributed by atoms with Gasteiger partial charge in [0.05, 0.1) is 17.1 Å². The molecule has 28 heavy (non-hydrogen) atoms. The number of benzene rings is 2. The number of nitrogens with one attached hydrogen (secondary N) is 2. The number of hydrogen-bond acceptors (Lipinski definition) is 3. The predicted molar refractivity (Wildman–Crippen MR) is 110 cm³/mol. The lowest BCUT2D eigenvalue weighted by Gasteiger charge is -2.09. The summed E-state index contributed by atoms with van der Waals surface area (Å²) in [5.41, 5.74) is 1.52. The highest BCUT2D eigenvalue weighted by Crippen LogP contribution is 2.24. The Labute approximate surface area is 168 Å². The van der Waals surface area contributed by atoms with Crippen LogP contribution in [0.15, 0.2) is 54.7 Å². The van der Waals surface area contributed by atoms with E-state index in [9.17, 15) is 9.59 Å². The first-order chi connectivity index (χ1) is 13.6. The summed E-state index contributed by atoms with van der Waals surface area (Å²) in [6.07, 6.45) is 2.06. The zero-order valence-electron chi connectivity index (χ0n) is 15.6. The number of amides is 2. The van der Waals surface area contributed by atoms with E-state index < -0.39 is 0 Å². The molecule has 0 unspecified atom stereocenters. The Bertz CT molecular complexity index is 984. The Balaban J connectivity index is 1.70. The third-order valence-corrected chi connectivity index (χ3v) is 4.69. The third kappa shape index (κ3) is 4.64. The molecule has 3 rings (SSSR count). The van der Waals surface area contributed by atoms with Crippen molar-refractivity contribution in [2.24, 2.45) is 0 Å². The molecule has 0 radical (unpaired) electrons. The summed E-state index contributed by atoms with van der Waals surface area (Å²) in [5, 5.41) is 6.76. The molecule has 2 aromatic carbocycles. The molecular formula is C21H22ClN3O3. The molecule has 146 valence electrons. The number of aromatic nitrogens is 1. The fraction of sp³-hybridized carbons (Fsp3) is 0.238. The summed E-state index contributed by atoms with van der Waals surface area (Å²) >= 11 is 6.11. The van der Waals surface area contributed by atoms with E-state index in [1.807, 2.05) is 53.2 Å². The van der Waals surface area contributed by atoms with Crippen LogP contribution < -0.4 is 15.4 Å². The van der Waals surface area contributed by atoms with E-state index in [4.69, 9.17) is 16.3 Å². The predicted octanol–water partition coefficient (Wildman–Crippen LogP) is 3.24. The minimum atomic E-state index is -0.203. The second kappa shape index (κ2) is 9.28. The van der Waals surface area contributed by atoms with E-state index >= 15 is 0 Å². The van der Waals surface area contributed by atoms with Crippen molar-refractivity contribution in [1.29, 1.82) is 0 Å². The lowest BCUT2D eigenvalue weighted by Crippen LogP contribution is -2.29. The van der Waals surface area contributed by atoms with Gasteiger partial charge in [-0.3, -0.25) is 9.59 Å². The van der Waals surface area contributed by atoms with Gasteiger partial charge in [0, 0.05) is 37.1 Å². The Kier molecular flexibility index (Phi) is 6.55. The fourth-order valence-electron chi connectivity index (χ4n) is 2.94. The molecule has 2 amide bonds. The highest BCUT2D eigenvalue weighted by atomic mass is 35.5. The van der Waals surface area contributed by atoms with E-state index in [1.165, 1.54) is 0 Å². The average Bonchev–Trinajstić information content (AvgIpc) is 3.08. The van der Waals surface area contributed by atoms with E-state index in [1.54, 1.807) is 13.1 Å². The largest absolute Gasteiger partial charge is 0.490 e. The van der Waals surface area contributed by atoms with Gasteiger partial charge in [0.25, 0.3) is 5.91 Å². The molecule has 0 spiro atoms. The van der Waals surface area contributed by atoms with Crippen molar-refractivity contribution in [3.63, 3.8) is 0 Å². The zero-order valence-corrected chi connectivity index (χ0v) is 16.3. The third-order valence-electron chi connectivity index (χ3n) is 4.38. The molecule has 0 saturated carbocycles. The van der Waals surface area contributed by atoms with Crippen LogP contribution >= 0.6 is 11.6 Å². The van der Waals surface area contributed by atoms with Gasteiger partial charge in [0.2, 0.25) is 5.91 Å². The molecule has 0 aliphatic rings. The normalized spacial score (nSPS) is 10.6. The van der Waals surface area contributed by atoms with Crippen molar-refractivity contribution in [3.05, 3.63) is 65.3 Å². The molecule has 0 fully saturated rings. The molecule has 0 aliphatic carbocycles. The maximum atomic E-state index is 12.6. The summed E-state index contributed by atoms with van der Waals surface area (Å²) < 4.78 is 7.75. The van der Waals surface area contributed by atoms with Gasteiger partial charge in [-0.25, -0.2) is 0 Å². The number of para-hydroxylation sites is 2. The number of rotatable bonds is 8. The lowest BCUT2D eigenvalue weighted by molar-refractivity contribution is -0.120. The Morgan fingerprint density at radius 1 is 1.11 bits per heavy atom. The first kappa shape index (κ1) is 19.8. The second-order valence-corrected chi connectivity index (χ2v) is 6.62. The Morgan fingerprint density at radius 3 is 2.64 bits per heavy atom. The van der Waals surface area contributed by atoms with Crippen molar-refractivity contribution in [1.82, 2.24) is 15.2 Å². The summed E-state index contributed by atoms with van der Waals surface area (Å²) in [6.45, 7) is 1.27. The first-order valence-corrected chi connectivity index (χ1v) is 9.42. The van der Waals surface area contributed by atoms with Crippen molar-refractivity contribution < 1.29 is 14.3 Å². The van der Waals surface area contributed by atoms with E-state index in [0.717, 1.165) is 10.9 Å². The number of nitrogens with zero attached hydrogens (tertiary/aromatic N) is 1. The number of carbonyl (C=O) groups is 2. The number of ether oxygens (including phenoxy) is 1. The van der Waals surface area contributed by atoms with Crippen molar-refractivity contribution in [2.75, 3.05) is 20.2 Å². The molecule has 2 N–H and O–H groups in total. The number of halogens is 1. The Hall–Kier alpha value is -2.99. The Morgan fingerprint density at radius 2 is 1.86 bits per heavy atom. The topological polar surface area (TPSA) is 72.4 Å². The lowest BCUT2D eigenvalue weighted by atomic mass is 10.1. The van der Waals surface area contributed by atoms with Gasteiger partial charge in [0.15, 0.2) is 0 Å². The SMILES string of the molecule is CNC(=O)CCNC(=O)c1cn(CCOc2ccccc2Cl)c2ccccc12. The molecule has 1 heterocycles. The van der Waals surface area contributed by atoms with Gasteiger partial charge in [-0.1, -0.05) is 41.9 Å². The van der Waals surface area contributed by atoms with Crippen molar-refractivity contribution in [2.45, 2.75) is 13.0 Å². The molecule has 7 heteroatoms. The van der Waals surface area contributed by atoms with Crippen molar-refractivity contribution in [3.8, 4) is 5.75 Å². The van der Waals surface area contributed by atoms with Gasteiger partial charge in [-0.05, 0) is 18.2 Å². The molecule has 6 nitrogen and oxygen atoms in total. The van der Waals surface area contributed by atoms with E-state index in [0.29, 0.717) is 29.5 Å². The highest BCUT2D eigenvalue weighted by molar-refractivity contribution is 6.32. The molecule has 0 saturated heterocycles. The van der Waals surface area contributed by atoms with Gasteiger partial charge in [0.1, 0.15) is 12.4 Å². The smallest absolute Gasteiger partial charge is 0.253 e. The average molecular weight is 400 g/mol. The first-order valence-electron chi connectivity index (χ1n) is 9.04. The maximum Gasteiger partial charge on any atom is 0.253 e. The van der Waals surface area contributed by atoms with E-state index in [2.05, 4.69) is 10.6 Å². The van der Waals surface area contributed by atoms with Gasteiger partial charge in [-0.2, -0.15) is 0 Å². The fourth-order valence-corrected chi connectivity index (χ4v) is 3.13. The van der Waals surface area contributed by atoms with Gasteiger partial charge >= 0.3 is 0 Å². The maximum absolute atomic E-state index is 12.6. The van der Waals surface area contributed by atoms with Crippen LogP contribution in [0.5, 0.6) is 5.75 Å². The standard InChI is InChI=1S/C21H22ClN3O3/c1-23-20(26)10-11-24-21(27)16-14-25(18-8-4-2-6-15(16)18)12-13-28-19-9-5-3-7-17(19)22/h2-9,14H,10-13H2,1H3,(H,23,26)(H,24,27). The van der Waals surface area contributed by atoms with Crippen LogP contribution in [0.2, 0.25) is 5.02 Å². The molecule has 3 aromatic rings. The van der Waals surface area contributed by atoms with Crippen LogP contribution in [-0.4, -0.2) is 36.6 Å². The van der Waals surface area contributed by atoms with Gasteiger partial charge < -0.3 is 19.9 Å². The van der Waals surface area contributed by atoms with Gasteiger partial charge in [-0.15, -0.1) is 0 Å². The van der Waals surface area contributed by atoms with Crippen LogP contribution in [-0.2, 0) is 11.3 Å². The van der Waals surface area contributed by atoms with Crippen LogP contribution in [0.25, 0.3) is 10.9 Å². The highest BCUT2D eigenvalue weighted by Gasteiger charge is 2.15. The summed E-state index contributed by atoms with van der Waals surface area (Å²) in [6, 6.07) is 15.0. The number of hydrogen-bond donors (Lipinski definition) is 2. The summed E-state index contributed by atoms with van der Waals surface area (Å²) in [4.78, 5) is 23.9. The second-order valence-electron chi connectivity index (χ2n) is 6.21. The summed E-state index contributed by atoms with van der Waals surface area (Å²) in [5.74, 6) is 0.318. The quantitative estimate of drug-likeness (QED) is 0.610. The number of carbonyl (C=O) groups excluding carboxylic acids is 2. The van der Waals surface area contributed by atoms with Crippen LogP contribution in [0.1, 0.15) is 16.8 Å². The van der Waals surface area contributed by atoms with Crippen LogP contribution in [0.3, 0.4) is 0 Å². The molecular weight excluding hydrogens is 378 g/mol. The zero-order chi connectivity index (χ0) is 19.9. The van der Waals surface area contributed by atoms with Crippen LogP contribution in [0.4, 0.5) is 0 Å². The minimum Gasteiger partial charge on any atom is -0.490 e. The van der Waals surface area contributed by atoms with Crippen molar-refractivity contribution >= 4 is 34.3 Å².